The van der Waals surface area contributed by atoms with Crippen LogP contribution in [-0.4, -0.2) is 28.8 Å². The first-order valence-electron chi connectivity index (χ1n) is 7.96. The van der Waals surface area contributed by atoms with Crippen molar-refractivity contribution >= 4 is 23.0 Å². The molecule has 2 aromatic rings. The molecule has 1 N–H and O–H groups in total. The summed E-state index contributed by atoms with van der Waals surface area (Å²) >= 11 is 0. The number of carbonyl (C=O) groups is 1. The SMILES string of the molecule is C=C(C)CN(CC)C(=O)c1ccc(Nc2ccccc2)c([N+](=O)[O-])c1. The Morgan fingerprint density at radius 2 is 1.92 bits per heavy atom. The fourth-order valence-electron chi connectivity index (χ4n) is 2.43. The number of benzene rings is 2. The molecule has 130 valence electrons. The molecule has 0 bridgehead atoms. The lowest BCUT2D eigenvalue weighted by Gasteiger charge is -2.21. The van der Waals surface area contributed by atoms with Crippen molar-refractivity contribution in [2.75, 3.05) is 18.4 Å². The molecule has 0 spiro atoms. The maximum Gasteiger partial charge on any atom is 0.293 e. The Kier molecular flexibility index (Phi) is 5.89. The molecule has 0 aliphatic heterocycles. The summed E-state index contributed by atoms with van der Waals surface area (Å²) < 4.78 is 0. The highest BCUT2D eigenvalue weighted by molar-refractivity contribution is 5.96. The average molecular weight is 339 g/mol. The maximum atomic E-state index is 12.6. The number of amides is 1. The molecule has 0 heterocycles. The number of hydrogen-bond donors (Lipinski definition) is 1. The Labute approximate surface area is 146 Å². The van der Waals surface area contributed by atoms with Gasteiger partial charge in [-0.1, -0.05) is 30.4 Å². The van der Waals surface area contributed by atoms with Crippen molar-refractivity contribution in [3.05, 3.63) is 76.4 Å². The van der Waals surface area contributed by atoms with E-state index in [0.29, 0.717) is 18.8 Å². The number of rotatable bonds is 7. The zero-order valence-corrected chi connectivity index (χ0v) is 14.4. The van der Waals surface area contributed by atoms with Gasteiger partial charge in [-0.15, -0.1) is 0 Å². The highest BCUT2D eigenvalue weighted by atomic mass is 16.6. The molecule has 6 nitrogen and oxygen atoms in total. The first kappa shape index (κ1) is 18.2. The number of nitro benzene ring substituents is 1. The minimum atomic E-state index is -0.489. The van der Waals surface area contributed by atoms with Gasteiger partial charge in [-0.2, -0.15) is 0 Å². The summed E-state index contributed by atoms with van der Waals surface area (Å²) in [5, 5.41) is 14.4. The largest absolute Gasteiger partial charge is 0.350 e. The molecule has 0 aliphatic carbocycles. The second-order valence-corrected chi connectivity index (χ2v) is 5.76. The van der Waals surface area contributed by atoms with Gasteiger partial charge in [-0.3, -0.25) is 14.9 Å². The minimum Gasteiger partial charge on any atom is -0.350 e. The van der Waals surface area contributed by atoms with E-state index >= 15 is 0 Å². The summed E-state index contributed by atoms with van der Waals surface area (Å²) in [6.07, 6.45) is 0. The molecule has 0 radical (unpaired) electrons. The lowest BCUT2D eigenvalue weighted by Crippen LogP contribution is -2.32. The first-order chi connectivity index (χ1) is 11.9. The van der Waals surface area contributed by atoms with E-state index in [-0.39, 0.29) is 17.2 Å². The molecular weight excluding hydrogens is 318 g/mol. The molecule has 0 atom stereocenters. The Morgan fingerprint density at radius 3 is 2.48 bits per heavy atom. The number of likely N-dealkylation sites (N-methyl/N-ethyl adjacent to an activating group) is 1. The molecule has 2 aromatic carbocycles. The maximum absolute atomic E-state index is 12.6. The summed E-state index contributed by atoms with van der Waals surface area (Å²) in [7, 11) is 0. The normalized spacial score (nSPS) is 10.2. The highest BCUT2D eigenvalue weighted by Gasteiger charge is 2.20. The van der Waals surface area contributed by atoms with E-state index in [2.05, 4.69) is 11.9 Å². The molecule has 1 amide bonds. The van der Waals surface area contributed by atoms with Gasteiger partial charge in [0.25, 0.3) is 11.6 Å². The lowest BCUT2D eigenvalue weighted by atomic mass is 10.1. The summed E-state index contributed by atoms with van der Waals surface area (Å²) in [4.78, 5) is 25.1. The standard InChI is InChI=1S/C19H21N3O3/c1-4-21(13-14(2)3)19(23)15-10-11-17(18(12-15)22(24)25)20-16-8-6-5-7-9-16/h5-12,20H,2,4,13H2,1,3H3. The van der Waals surface area contributed by atoms with Gasteiger partial charge in [0.15, 0.2) is 0 Å². The number of nitrogens with zero attached hydrogens (tertiary/aromatic N) is 2. The zero-order valence-electron chi connectivity index (χ0n) is 14.4. The molecule has 0 saturated heterocycles. The Balaban J connectivity index is 2.33. The van der Waals surface area contributed by atoms with Gasteiger partial charge < -0.3 is 10.2 Å². The van der Waals surface area contributed by atoms with Crippen molar-refractivity contribution in [2.24, 2.45) is 0 Å². The second-order valence-electron chi connectivity index (χ2n) is 5.76. The number of nitro groups is 1. The van der Waals surface area contributed by atoms with Crippen LogP contribution in [0.2, 0.25) is 0 Å². The highest BCUT2D eigenvalue weighted by Crippen LogP contribution is 2.29. The van der Waals surface area contributed by atoms with Gasteiger partial charge in [0, 0.05) is 30.4 Å². The fourth-order valence-corrected chi connectivity index (χ4v) is 2.43. The molecule has 25 heavy (non-hydrogen) atoms. The Morgan fingerprint density at radius 1 is 1.24 bits per heavy atom. The van der Waals surface area contributed by atoms with Crippen LogP contribution in [0.15, 0.2) is 60.7 Å². The van der Waals surface area contributed by atoms with E-state index in [4.69, 9.17) is 0 Å². The number of nitrogens with one attached hydrogen (secondary N) is 1. The predicted octanol–water partition coefficient (Wildman–Crippen LogP) is 4.38. The van der Waals surface area contributed by atoms with Crippen molar-refractivity contribution in [3.63, 3.8) is 0 Å². The van der Waals surface area contributed by atoms with E-state index < -0.39 is 4.92 Å². The van der Waals surface area contributed by atoms with E-state index in [1.54, 1.807) is 17.0 Å². The van der Waals surface area contributed by atoms with Crippen LogP contribution in [0.1, 0.15) is 24.2 Å². The van der Waals surface area contributed by atoms with Crippen LogP contribution in [0.25, 0.3) is 0 Å². The van der Waals surface area contributed by atoms with Crippen LogP contribution < -0.4 is 5.32 Å². The van der Waals surface area contributed by atoms with Crippen LogP contribution in [0, 0.1) is 10.1 Å². The first-order valence-corrected chi connectivity index (χ1v) is 7.96. The van der Waals surface area contributed by atoms with Crippen LogP contribution in [0.3, 0.4) is 0 Å². The van der Waals surface area contributed by atoms with Gasteiger partial charge in [0.1, 0.15) is 5.69 Å². The van der Waals surface area contributed by atoms with E-state index in [9.17, 15) is 14.9 Å². The van der Waals surface area contributed by atoms with Crippen molar-refractivity contribution in [1.82, 2.24) is 4.90 Å². The topological polar surface area (TPSA) is 75.5 Å². The Bertz CT molecular complexity index is 788. The number of para-hydroxylation sites is 1. The van der Waals surface area contributed by atoms with Crippen LogP contribution in [0.5, 0.6) is 0 Å². The predicted molar refractivity (Wildman–Crippen MR) is 99.2 cm³/mol. The molecule has 0 unspecified atom stereocenters. The third-order valence-corrected chi connectivity index (χ3v) is 3.62. The average Bonchev–Trinajstić information content (AvgIpc) is 2.60. The van der Waals surface area contributed by atoms with E-state index in [1.807, 2.05) is 44.2 Å². The zero-order chi connectivity index (χ0) is 18.4. The lowest BCUT2D eigenvalue weighted by molar-refractivity contribution is -0.383. The van der Waals surface area contributed by atoms with E-state index in [1.165, 1.54) is 6.07 Å². The molecular formula is C19H21N3O3. The van der Waals surface area contributed by atoms with Gasteiger partial charge in [0.05, 0.1) is 4.92 Å². The summed E-state index contributed by atoms with van der Waals surface area (Å²) in [5.74, 6) is -0.250. The molecule has 0 aromatic heterocycles. The van der Waals surface area contributed by atoms with Gasteiger partial charge in [0.2, 0.25) is 0 Å². The molecule has 6 heteroatoms. The van der Waals surface area contributed by atoms with Gasteiger partial charge in [-0.25, -0.2) is 0 Å². The van der Waals surface area contributed by atoms with Gasteiger partial charge in [-0.05, 0) is 38.1 Å². The molecule has 2 rings (SSSR count). The molecule has 0 saturated carbocycles. The summed E-state index contributed by atoms with van der Waals surface area (Å²) in [6.45, 7) is 8.44. The van der Waals surface area contributed by atoms with Crippen LogP contribution >= 0.6 is 0 Å². The number of hydrogen-bond acceptors (Lipinski definition) is 4. The van der Waals surface area contributed by atoms with Crippen molar-refractivity contribution in [3.8, 4) is 0 Å². The smallest absolute Gasteiger partial charge is 0.293 e. The third kappa shape index (κ3) is 4.67. The van der Waals surface area contributed by atoms with E-state index in [0.717, 1.165) is 11.3 Å². The third-order valence-electron chi connectivity index (χ3n) is 3.62. The van der Waals surface area contributed by atoms with Gasteiger partial charge >= 0.3 is 0 Å². The number of anilines is 2. The quantitative estimate of drug-likeness (QED) is 0.461. The molecule has 0 fully saturated rings. The summed E-state index contributed by atoms with van der Waals surface area (Å²) in [5.41, 5.74) is 2.08. The van der Waals surface area contributed by atoms with Crippen LogP contribution in [0.4, 0.5) is 17.1 Å². The van der Waals surface area contributed by atoms with Crippen molar-refractivity contribution in [1.29, 1.82) is 0 Å². The Hall–Kier alpha value is -3.15. The summed E-state index contributed by atoms with van der Waals surface area (Å²) in [6, 6.07) is 13.6. The molecule has 0 aliphatic rings. The van der Waals surface area contributed by atoms with Crippen LogP contribution in [-0.2, 0) is 0 Å². The monoisotopic (exact) mass is 339 g/mol. The second kappa shape index (κ2) is 8.10. The minimum absolute atomic E-state index is 0.138. The fraction of sp³-hybridized carbons (Fsp3) is 0.211. The van der Waals surface area contributed by atoms with Crippen molar-refractivity contribution in [2.45, 2.75) is 13.8 Å². The van der Waals surface area contributed by atoms with Crippen molar-refractivity contribution < 1.29 is 9.72 Å². The number of carbonyl (C=O) groups excluding carboxylic acids is 1.